The molecule has 0 aromatic heterocycles. The number of halogens is 2. The molecule has 0 bridgehead atoms. The number of rotatable bonds is 8. The molecule has 7 heteroatoms. The summed E-state index contributed by atoms with van der Waals surface area (Å²) >= 11 is 13.2. The fourth-order valence-electron chi connectivity index (χ4n) is 2.19. The van der Waals surface area contributed by atoms with E-state index in [1.165, 1.54) is 24.9 Å². The zero-order valence-electron chi connectivity index (χ0n) is 13.9. The molecule has 0 heterocycles. The van der Waals surface area contributed by atoms with Gasteiger partial charge in [0.1, 0.15) is 5.75 Å². The van der Waals surface area contributed by atoms with Crippen molar-refractivity contribution >= 4 is 52.8 Å². The Labute approximate surface area is 165 Å². The van der Waals surface area contributed by atoms with Crippen LogP contribution in [-0.2, 0) is 10.5 Å². The first-order chi connectivity index (χ1) is 12.4. The highest BCUT2D eigenvalue weighted by molar-refractivity contribution is 7.99. The van der Waals surface area contributed by atoms with Crippen molar-refractivity contribution in [1.82, 2.24) is 0 Å². The third-order valence-corrected chi connectivity index (χ3v) is 4.95. The fraction of sp³-hybridized carbons (Fsp3) is 0.158. The van der Waals surface area contributed by atoms with Crippen molar-refractivity contribution in [3.63, 3.8) is 0 Å². The average molecular weight is 411 g/mol. The largest absolute Gasteiger partial charge is 0.496 e. The summed E-state index contributed by atoms with van der Waals surface area (Å²) in [7, 11) is 1.53. The maximum absolute atomic E-state index is 12.4. The number of benzene rings is 2. The molecule has 0 aliphatic carbocycles. The van der Waals surface area contributed by atoms with E-state index in [-0.39, 0.29) is 11.5 Å². The topological polar surface area (TPSA) is 63.6 Å². The van der Waals surface area contributed by atoms with E-state index in [1.807, 2.05) is 0 Å². The zero-order chi connectivity index (χ0) is 19.1. The van der Waals surface area contributed by atoms with E-state index in [4.69, 9.17) is 33.0 Å². The quantitative estimate of drug-likeness (QED) is 0.477. The number of carboxylic acids is 1. The molecule has 0 atom stereocenters. The van der Waals surface area contributed by atoms with Crippen molar-refractivity contribution in [3.05, 3.63) is 69.2 Å². The maximum Gasteiger partial charge on any atom is 0.313 e. The third kappa shape index (κ3) is 5.80. The number of hydrogen-bond acceptors (Lipinski definition) is 4. The molecule has 0 amide bonds. The van der Waals surface area contributed by atoms with Crippen LogP contribution in [0.4, 0.5) is 0 Å². The first-order valence-electron chi connectivity index (χ1n) is 7.54. The van der Waals surface area contributed by atoms with Crippen molar-refractivity contribution in [3.8, 4) is 5.75 Å². The predicted octanol–water partition coefficient (Wildman–Crippen LogP) is 5.22. The molecule has 0 radical (unpaired) electrons. The van der Waals surface area contributed by atoms with E-state index in [2.05, 4.69) is 0 Å². The Balaban J connectivity index is 2.17. The lowest BCUT2D eigenvalue weighted by Gasteiger charge is -2.09. The van der Waals surface area contributed by atoms with Crippen LogP contribution >= 0.6 is 35.0 Å². The van der Waals surface area contributed by atoms with Crippen molar-refractivity contribution in [1.29, 1.82) is 0 Å². The Bertz CT molecular complexity index is 849. The van der Waals surface area contributed by atoms with Gasteiger partial charge >= 0.3 is 5.97 Å². The fourth-order valence-corrected chi connectivity index (χ4v) is 3.38. The van der Waals surface area contributed by atoms with Crippen molar-refractivity contribution < 1.29 is 19.4 Å². The summed E-state index contributed by atoms with van der Waals surface area (Å²) in [5.74, 6) is -0.0455. The number of allylic oxidation sites excluding steroid dienone is 1. The van der Waals surface area contributed by atoms with Crippen molar-refractivity contribution in [2.75, 3.05) is 12.9 Å². The van der Waals surface area contributed by atoms with Gasteiger partial charge < -0.3 is 9.84 Å². The number of ether oxygens (including phenoxy) is 1. The third-order valence-electron chi connectivity index (χ3n) is 3.42. The number of methoxy groups -OCH3 is 1. The Kier molecular flexibility index (Phi) is 7.57. The van der Waals surface area contributed by atoms with Crippen LogP contribution in [0.2, 0.25) is 10.0 Å². The number of carbonyl (C=O) groups excluding carboxylic acids is 1. The first kappa shape index (κ1) is 20.4. The SMILES string of the molecule is COc1ccc(C(=O)/C=C/c2ccc(Cl)cc2Cl)cc1CSCC(=O)O. The minimum atomic E-state index is -0.885. The molecule has 0 fully saturated rings. The van der Waals surface area contributed by atoms with Gasteiger partial charge in [0.25, 0.3) is 0 Å². The second kappa shape index (κ2) is 9.67. The molecular weight excluding hydrogens is 395 g/mol. The van der Waals surface area contributed by atoms with Crippen LogP contribution in [0.5, 0.6) is 5.75 Å². The molecule has 1 N–H and O–H groups in total. The van der Waals surface area contributed by atoms with Crippen LogP contribution in [0.15, 0.2) is 42.5 Å². The maximum atomic E-state index is 12.4. The molecule has 26 heavy (non-hydrogen) atoms. The van der Waals surface area contributed by atoms with Crippen LogP contribution in [-0.4, -0.2) is 29.7 Å². The summed E-state index contributed by atoms with van der Waals surface area (Å²) < 4.78 is 5.27. The van der Waals surface area contributed by atoms with Gasteiger partial charge in [0.05, 0.1) is 12.9 Å². The standard InChI is InChI=1S/C19H16Cl2O4S/c1-25-18-7-4-13(8-14(18)10-26-11-19(23)24)17(22)6-3-12-2-5-15(20)9-16(12)21/h2-9H,10-11H2,1H3,(H,23,24)/b6-3+. The van der Waals surface area contributed by atoms with Crippen LogP contribution in [0, 0.1) is 0 Å². The van der Waals surface area contributed by atoms with Gasteiger partial charge in [-0.25, -0.2) is 0 Å². The second-order valence-electron chi connectivity index (χ2n) is 5.28. The van der Waals surface area contributed by atoms with E-state index in [9.17, 15) is 9.59 Å². The Hall–Kier alpha value is -1.95. The lowest BCUT2D eigenvalue weighted by molar-refractivity contribution is -0.133. The highest BCUT2D eigenvalue weighted by atomic mass is 35.5. The van der Waals surface area contributed by atoms with E-state index < -0.39 is 5.97 Å². The van der Waals surface area contributed by atoms with Gasteiger partial charge in [-0.15, -0.1) is 11.8 Å². The summed E-state index contributed by atoms with van der Waals surface area (Å²) in [4.78, 5) is 23.1. The van der Waals surface area contributed by atoms with Gasteiger partial charge in [-0.2, -0.15) is 0 Å². The molecule has 2 aromatic carbocycles. The van der Waals surface area contributed by atoms with Crippen molar-refractivity contribution in [2.45, 2.75) is 5.75 Å². The van der Waals surface area contributed by atoms with E-state index in [0.717, 1.165) is 5.56 Å². The number of thioether (sulfide) groups is 1. The van der Waals surface area contributed by atoms with Gasteiger partial charge in [-0.3, -0.25) is 9.59 Å². The van der Waals surface area contributed by atoms with E-state index in [1.54, 1.807) is 42.5 Å². The highest BCUT2D eigenvalue weighted by Crippen LogP contribution is 2.26. The number of ketones is 1. The summed E-state index contributed by atoms with van der Waals surface area (Å²) in [5.41, 5.74) is 1.94. The normalized spacial score (nSPS) is 10.9. The smallest absolute Gasteiger partial charge is 0.313 e. The highest BCUT2D eigenvalue weighted by Gasteiger charge is 2.10. The molecule has 0 spiro atoms. The second-order valence-corrected chi connectivity index (χ2v) is 7.11. The Morgan fingerprint density at radius 3 is 2.62 bits per heavy atom. The van der Waals surface area contributed by atoms with Crippen LogP contribution in [0.3, 0.4) is 0 Å². The Morgan fingerprint density at radius 1 is 1.19 bits per heavy atom. The molecule has 2 rings (SSSR count). The first-order valence-corrected chi connectivity index (χ1v) is 9.45. The van der Waals surface area contributed by atoms with Gasteiger partial charge in [0, 0.05) is 26.9 Å². The molecule has 0 saturated carbocycles. The minimum Gasteiger partial charge on any atom is -0.496 e. The van der Waals surface area contributed by atoms with Crippen LogP contribution in [0.1, 0.15) is 21.5 Å². The zero-order valence-corrected chi connectivity index (χ0v) is 16.2. The monoisotopic (exact) mass is 410 g/mol. The molecule has 0 aliphatic heterocycles. The van der Waals surface area contributed by atoms with Crippen LogP contribution < -0.4 is 4.74 Å². The lowest BCUT2D eigenvalue weighted by Crippen LogP contribution is -2.01. The van der Waals surface area contributed by atoms with Gasteiger partial charge in [0.15, 0.2) is 5.78 Å². The molecule has 0 saturated heterocycles. The lowest BCUT2D eigenvalue weighted by atomic mass is 10.1. The summed E-state index contributed by atoms with van der Waals surface area (Å²) in [6.07, 6.45) is 3.06. The predicted molar refractivity (Wildman–Crippen MR) is 107 cm³/mol. The molecule has 0 unspecified atom stereocenters. The number of carbonyl (C=O) groups is 2. The van der Waals surface area contributed by atoms with E-state index >= 15 is 0 Å². The number of carboxylic acid groups (broad SMARTS) is 1. The number of hydrogen-bond donors (Lipinski definition) is 1. The molecule has 136 valence electrons. The van der Waals surface area contributed by atoms with Gasteiger partial charge in [-0.1, -0.05) is 29.3 Å². The molecular formula is C19H16Cl2O4S. The summed E-state index contributed by atoms with van der Waals surface area (Å²) in [5, 5.41) is 9.73. The van der Waals surface area contributed by atoms with Gasteiger partial charge in [-0.05, 0) is 48.0 Å². The summed E-state index contributed by atoms with van der Waals surface area (Å²) in [6, 6.07) is 10.1. The number of aliphatic carboxylic acids is 1. The molecule has 2 aromatic rings. The van der Waals surface area contributed by atoms with Crippen molar-refractivity contribution in [2.24, 2.45) is 0 Å². The Morgan fingerprint density at radius 2 is 1.96 bits per heavy atom. The molecule has 0 aliphatic rings. The van der Waals surface area contributed by atoms with Crippen LogP contribution in [0.25, 0.3) is 6.08 Å². The van der Waals surface area contributed by atoms with E-state index in [0.29, 0.717) is 32.7 Å². The molecule has 4 nitrogen and oxygen atoms in total. The van der Waals surface area contributed by atoms with Gasteiger partial charge in [0.2, 0.25) is 0 Å². The summed E-state index contributed by atoms with van der Waals surface area (Å²) in [6.45, 7) is 0. The minimum absolute atomic E-state index is 0.0176. The average Bonchev–Trinajstić information content (AvgIpc) is 2.60.